The van der Waals surface area contributed by atoms with Crippen molar-refractivity contribution in [3.63, 3.8) is 0 Å². The molecule has 0 bridgehead atoms. The largest absolute Gasteiger partial charge is 0.460 e. The number of carbonyl (C=O) groups excluding carboxylic acids is 2. The molecule has 1 aromatic rings. The Morgan fingerprint density at radius 3 is 2.00 bits per heavy atom. The smallest absolute Gasteiger partial charge is 0.407 e. The molecule has 0 radical (unpaired) electrons. The van der Waals surface area contributed by atoms with Crippen molar-refractivity contribution in [3.05, 3.63) is 26.6 Å². The van der Waals surface area contributed by atoms with Crippen LogP contribution in [0.4, 0.5) is 4.79 Å². The number of thiazole rings is 1. The van der Waals surface area contributed by atoms with Gasteiger partial charge in [-0.25, -0.2) is 9.78 Å². The Morgan fingerprint density at radius 2 is 1.54 bits per heavy atom. The summed E-state index contributed by atoms with van der Waals surface area (Å²) in [7, 11) is -2.09. The van der Waals surface area contributed by atoms with E-state index in [1.165, 1.54) is 0 Å². The minimum absolute atomic E-state index is 0.0606. The predicted molar refractivity (Wildman–Crippen MR) is 176 cm³/mol. The number of hydrogen-bond donors (Lipinski definition) is 1. The summed E-state index contributed by atoms with van der Waals surface area (Å²) >= 11 is 5.25. The highest BCUT2D eigenvalue weighted by atomic mass is 79.9. The van der Waals surface area contributed by atoms with Crippen LogP contribution < -0.4 is 5.32 Å². The van der Waals surface area contributed by atoms with Crippen LogP contribution >= 0.6 is 27.3 Å². The number of hydrogen-bond acceptors (Lipinski definition) is 7. The van der Waals surface area contributed by atoms with Crippen molar-refractivity contribution in [2.45, 2.75) is 156 Å². The minimum atomic E-state index is -2.09. The molecule has 1 rings (SSSR count). The molecule has 0 unspecified atom stereocenters. The second-order valence-electron chi connectivity index (χ2n) is 13.8. The van der Waals surface area contributed by atoms with Crippen LogP contribution in [0, 0.1) is 0 Å². The van der Waals surface area contributed by atoms with Crippen molar-refractivity contribution in [3.8, 4) is 0 Å². The number of allylic oxidation sites excluding steroid dienone is 1. The summed E-state index contributed by atoms with van der Waals surface area (Å²) in [6, 6.07) is -0.436. The molecule has 0 spiro atoms. The molecule has 2 atom stereocenters. The first-order valence-electron chi connectivity index (χ1n) is 14.8. The Balaban J connectivity index is 3.06. The van der Waals surface area contributed by atoms with Crippen LogP contribution in [0.15, 0.2) is 15.9 Å². The summed E-state index contributed by atoms with van der Waals surface area (Å²) in [5.41, 5.74) is 1.16. The summed E-state index contributed by atoms with van der Waals surface area (Å²) in [5.74, 6) is -0.359. The van der Waals surface area contributed by atoms with Crippen LogP contribution in [-0.4, -0.2) is 48.7 Å². The first-order chi connectivity index (χ1) is 18.6. The number of nitrogens with one attached hydrogen (secondary N) is 1. The van der Waals surface area contributed by atoms with Crippen molar-refractivity contribution in [2.24, 2.45) is 0 Å². The second-order valence-corrected chi connectivity index (χ2v) is 21.4. The number of carbonyl (C=O) groups is 2. The Labute approximate surface area is 262 Å². The molecular formula is C31H55BrN2O5SSi. The van der Waals surface area contributed by atoms with Crippen molar-refractivity contribution in [2.75, 3.05) is 0 Å². The average Bonchev–Trinajstić information content (AvgIpc) is 3.18. The van der Waals surface area contributed by atoms with Gasteiger partial charge in [-0.15, -0.1) is 11.3 Å². The van der Waals surface area contributed by atoms with Gasteiger partial charge in [0.25, 0.3) is 0 Å². The molecule has 41 heavy (non-hydrogen) atoms. The number of amides is 1. The molecule has 0 aliphatic rings. The Hall–Kier alpha value is -1.23. The van der Waals surface area contributed by atoms with Gasteiger partial charge in [0.1, 0.15) is 11.2 Å². The fourth-order valence-electron chi connectivity index (χ4n) is 5.40. The fraction of sp³-hybridized carbons (Fsp3) is 0.774. The lowest BCUT2D eigenvalue weighted by Gasteiger charge is -2.44. The van der Waals surface area contributed by atoms with Gasteiger partial charge >= 0.3 is 12.1 Å². The zero-order valence-electron chi connectivity index (χ0n) is 27.6. The summed E-state index contributed by atoms with van der Waals surface area (Å²) in [5, 5.41) is 5.94. The van der Waals surface area contributed by atoms with Crippen LogP contribution in [0.1, 0.15) is 114 Å². The van der Waals surface area contributed by atoms with Gasteiger partial charge in [-0.05, 0) is 88.5 Å². The molecule has 0 saturated carbocycles. The van der Waals surface area contributed by atoms with Gasteiger partial charge in [0, 0.05) is 17.8 Å². The van der Waals surface area contributed by atoms with Gasteiger partial charge in [-0.1, -0.05) is 57.5 Å². The van der Waals surface area contributed by atoms with E-state index in [4.69, 9.17) is 18.9 Å². The molecule has 0 aromatic carbocycles. The summed E-state index contributed by atoms with van der Waals surface area (Å²) in [6.45, 7) is 26.8. The highest BCUT2D eigenvalue weighted by Crippen LogP contribution is 2.43. The quantitative estimate of drug-likeness (QED) is 0.156. The van der Waals surface area contributed by atoms with E-state index in [-0.39, 0.29) is 18.5 Å². The molecule has 1 heterocycles. The van der Waals surface area contributed by atoms with Crippen LogP contribution in [0.5, 0.6) is 0 Å². The van der Waals surface area contributed by atoms with E-state index in [2.05, 4.69) is 74.2 Å². The fourth-order valence-corrected chi connectivity index (χ4v) is 12.1. The van der Waals surface area contributed by atoms with Crippen LogP contribution in [0.25, 0.3) is 0 Å². The maximum Gasteiger partial charge on any atom is 0.407 e. The van der Waals surface area contributed by atoms with Gasteiger partial charge in [0.15, 0.2) is 0 Å². The minimum Gasteiger partial charge on any atom is -0.460 e. The van der Waals surface area contributed by atoms with Gasteiger partial charge in [-0.3, -0.25) is 4.79 Å². The Bertz CT molecular complexity index is 955. The molecule has 1 N–H and O–H groups in total. The number of rotatable bonds is 14. The van der Waals surface area contributed by atoms with Gasteiger partial charge < -0.3 is 19.2 Å². The van der Waals surface area contributed by atoms with E-state index in [0.29, 0.717) is 35.9 Å². The molecule has 0 aliphatic heterocycles. The molecule has 1 amide bonds. The van der Waals surface area contributed by atoms with Crippen LogP contribution in [-0.2, 0) is 31.5 Å². The lowest BCUT2D eigenvalue weighted by molar-refractivity contribution is -0.155. The van der Waals surface area contributed by atoms with Crippen molar-refractivity contribution >= 4 is 47.6 Å². The van der Waals surface area contributed by atoms with E-state index < -0.39 is 31.7 Å². The molecule has 0 fully saturated rings. The van der Waals surface area contributed by atoms with Crippen LogP contribution in [0.2, 0.25) is 16.6 Å². The maximum absolute atomic E-state index is 12.6. The SMILES string of the molecule is C/C(Br)=C\[C@@H](Cc1nc(CC[C@H](CC(=O)OC(C)(C)C)NC(=O)OC(C)(C)C)cs1)O[Si](C(C)C)(C(C)C)C(C)C. The number of nitrogens with zero attached hydrogens (tertiary/aromatic N) is 1. The first kappa shape index (κ1) is 37.8. The van der Waals surface area contributed by atoms with Crippen molar-refractivity contribution in [1.29, 1.82) is 0 Å². The molecule has 236 valence electrons. The lowest BCUT2D eigenvalue weighted by Crippen LogP contribution is -2.50. The predicted octanol–water partition coefficient (Wildman–Crippen LogP) is 9.10. The summed E-state index contributed by atoms with van der Waals surface area (Å²) in [6.07, 6.45) is 3.46. The molecular weight excluding hydrogens is 620 g/mol. The third-order valence-corrected chi connectivity index (χ3v) is 14.1. The molecule has 7 nitrogen and oxygen atoms in total. The van der Waals surface area contributed by atoms with Gasteiger partial charge in [-0.2, -0.15) is 0 Å². The molecule has 0 aliphatic carbocycles. The Kier molecular flexibility index (Phi) is 14.8. The standard InChI is InChI=1S/C31H55BrN2O5SSi/c1-20(2)41(21(3)4,22(5)6)39-26(16-23(7)32)18-27-33-25(19-40-27)15-14-24(17-28(35)37-30(8,9)10)34-29(36)38-31(11,12)13/h16,19-22,24,26H,14-15,17-18H2,1-13H3,(H,34,36)/b23-16+/t24-,26+/m1/s1. The molecule has 1 aromatic heterocycles. The highest BCUT2D eigenvalue weighted by molar-refractivity contribution is 9.11. The number of alkyl carbamates (subject to hydrolysis) is 1. The monoisotopic (exact) mass is 674 g/mol. The molecule has 10 heteroatoms. The molecule has 0 saturated heterocycles. The second kappa shape index (κ2) is 16.0. The van der Waals surface area contributed by atoms with E-state index in [1.807, 2.05) is 48.5 Å². The maximum atomic E-state index is 12.6. The average molecular weight is 676 g/mol. The first-order valence-corrected chi connectivity index (χ1v) is 18.6. The zero-order valence-corrected chi connectivity index (χ0v) is 31.0. The van der Waals surface area contributed by atoms with Gasteiger partial charge in [0.2, 0.25) is 8.32 Å². The number of ether oxygens (including phenoxy) is 2. The Morgan fingerprint density at radius 1 is 1.00 bits per heavy atom. The summed E-state index contributed by atoms with van der Waals surface area (Å²) < 4.78 is 19.1. The van der Waals surface area contributed by atoms with Crippen LogP contribution in [0.3, 0.4) is 0 Å². The third kappa shape index (κ3) is 13.7. The lowest BCUT2D eigenvalue weighted by atomic mass is 10.1. The van der Waals surface area contributed by atoms with Crippen molar-refractivity contribution < 1.29 is 23.5 Å². The number of aryl methyl sites for hydroxylation is 1. The number of aromatic nitrogens is 1. The number of halogens is 1. The number of esters is 1. The van der Waals surface area contributed by atoms with E-state index in [1.54, 1.807) is 11.3 Å². The third-order valence-electron chi connectivity index (χ3n) is 6.76. The van der Waals surface area contributed by atoms with Crippen molar-refractivity contribution in [1.82, 2.24) is 10.3 Å². The zero-order chi connectivity index (χ0) is 31.8. The highest BCUT2D eigenvalue weighted by Gasteiger charge is 2.46. The van der Waals surface area contributed by atoms with E-state index >= 15 is 0 Å². The van der Waals surface area contributed by atoms with Gasteiger partial charge in [0.05, 0.1) is 23.2 Å². The van der Waals surface area contributed by atoms with E-state index in [9.17, 15) is 9.59 Å². The summed E-state index contributed by atoms with van der Waals surface area (Å²) in [4.78, 5) is 30.0. The topological polar surface area (TPSA) is 86.8 Å². The normalized spacial score (nSPS) is 14.9. The van der Waals surface area contributed by atoms with E-state index in [0.717, 1.165) is 15.2 Å².